The number of nitrogens with one attached hydrogen (secondary N) is 2. The zero-order valence-electron chi connectivity index (χ0n) is 13.4. The monoisotopic (exact) mass is 357 g/mol. The largest absolute Gasteiger partial charge is 0.453 e. The molecule has 0 saturated heterocycles. The number of aromatic nitrogens is 3. The number of thiazole rings is 1. The highest BCUT2D eigenvalue weighted by molar-refractivity contribution is 7.15. The van der Waals surface area contributed by atoms with Gasteiger partial charge in [0.15, 0.2) is 5.13 Å². The van der Waals surface area contributed by atoms with E-state index in [4.69, 9.17) is 0 Å². The molecule has 1 aliphatic heterocycles. The standard InChI is InChI=1S/C16H15N5O3S/c1-24-16(23)20-15-19-11-4-5-21(7-13(11)25-15)14(22)9-2-3-10-12(6-9)18-8-17-10/h2-3,6,8H,4-5,7H2,1H3,(H,17,18)(H,19,20,23). The van der Waals surface area contributed by atoms with Crippen LogP contribution in [-0.4, -0.2) is 45.5 Å². The summed E-state index contributed by atoms with van der Waals surface area (Å²) in [5, 5.41) is 3.06. The first-order chi connectivity index (χ1) is 12.1. The van der Waals surface area contributed by atoms with E-state index in [0.717, 1.165) is 21.6 Å². The van der Waals surface area contributed by atoms with Gasteiger partial charge in [0.25, 0.3) is 5.91 Å². The molecule has 0 radical (unpaired) electrons. The highest BCUT2D eigenvalue weighted by Gasteiger charge is 2.25. The molecule has 9 heteroatoms. The molecule has 1 aliphatic rings. The number of hydrogen-bond acceptors (Lipinski definition) is 6. The summed E-state index contributed by atoms with van der Waals surface area (Å²) in [7, 11) is 1.31. The number of fused-ring (bicyclic) bond motifs is 2. The van der Waals surface area contributed by atoms with E-state index in [1.54, 1.807) is 17.3 Å². The van der Waals surface area contributed by atoms with Gasteiger partial charge in [-0.1, -0.05) is 11.3 Å². The fourth-order valence-electron chi connectivity index (χ4n) is 2.81. The van der Waals surface area contributed by atoms with Crippen LogP contribution in [0.4, 0.5) is 9.93 Å². The van der Waals surface area contributed by atoms with E-state index >= 15 is 0 Å². The summed E-state index contributed by atoms with van der Waals surface area (Å²) in [5.74, 6) is -0.0296. The first kappa shape index (κ1) is 15.6. The predicted molar refractivity (Wildman–Crippen MR) is 92.7 cm³/mol. The smallest absolute Gasteiger partial charge is 0.413 e. The molecular formula is C16H15N5O3S. The molecule has 0 bridgehead atoms. The average Bonchev–Trinajstić information content (AvgIpc) is 3.25. The van der Waals surface area contributed by atoms with Gasteiger partial charge < -0.3 is 14.6 Å². The van der Waals surface area contributed by atoms with E-state index in [9.17, 15) is 9.59 Å². The Balaban J connectivity index is 1.53. The van der Waals surface area contributed by atoms with Gasteiger partial charge in [-0.15, -0.1) is 0 Å². The minimum atomic E-state index is -0.549. The Morgan fingerprint density at radius 1 is 1.40 bits per heavy atom. The molecular weight excluding hydrogens is 342 g/mol. The highest BCUT2D eigenvalue weighted by atomic mass is 32.1. The number of H-pyrrole nitrogens is 1. The number of anilines is 1. The van der Waals surface area contributed by atoms with Gasteiger partial charge in [-0.05, 0) is 18.2 Å². The number of nitrogens with zero attached hydrogens (tertiary/aromatic N) is 3. The number of benzene rings is 1. The van der Waals surface area contributed by atoms with E-state index < -0.39 is 6.09 Å². The van der Waals surface area contributed by atoms with Crippen LogP contribution in [-0.2, 0) is 17.7 Å². The molecule has 0 spiro atoms. The van der Waals surface area contributed by atoms with Crippen LogP contribution in [0, 0.1) is 0 Å². The number of carbonyl (C=O) groups excluding carboxylic acids is 2. The van der Waals surface area contributed by atoms with Crippen LogP contribution in [0.1, 0.15) is 20.9 Å². The predicted octanol–water partition coefficient (Wildman–Crippen LogP) is 2.40. The van der Waals surface area contributed by atoms with Gasteiger partial charge in [-0.2, -0.15) is 0 Å². The third-order valence-corrected chi connectivity index (χ3v) is 5.08. The Hall–Kier alpha value is -2.94. The number of carbonyl (C=O) groups is 2. The topological polar surface area (TPSA) is 100 Å². The molecule has 25 heavy (non-hydrogen) atoms. The summed E-state index contributed by atoms with van der Waals surface area (Å²) >= 11 is 1.37. The zero-order valence-corrected chi connectivity index (χ0v) is 14.2. The van der Waals surface area contributed by atoms with E-state index in [1.165, 1.54) is 18.4 Å². The van der Waals surface area contributed by atoms with Gasteiger partial charge >= 0.3 is 6.09 Å². The van der Waals surface area contributed by atoms with Crippen LogP contribution >= 0.6 is 11.3 Å². The van der Waals surface area contributed by atoms with Crippen molar-refractivity contribution in [2.24, 2.45) is 0 Å². The Kier molecular flexibility index (Phi) is 3.85. The molecule has 2 aromatic heterocycles. The maximum Gasteiger partial charge on any atom is 0.413 e. The van der Waals surface area contributed by atoms with Crippen LogP contribution in [0.2, 0.25) is 0 Å². The van der Waals surface area contributed by atoms with Gasteiger partial charge in [-0.3, -0.25) is 10.1 Å². The van der Waals surface area contributed by atoms with Crippen molar-refractivity contribution >= 4 is 39.5 Å². The van der Waals surface area contributed by atoms with Crippen LogP contribution in [0.25, 0.3) is 11.0 Å². The van der Waals surface area contributed by atoms with Gasteiger partial charge in [0.05, 0.1) is 36.7 Å². The maximum atomic E-state index is 12.8. The number of ether oxygens (including phenoxy) is 1. The molecule has 0 fully saturated rings. The van der Waals surface area contributed by atoms with Gasteiger partial charge in [-0.25, -0.2) is 14.8 Å². The number of hydrogen-bond donors (Lipinski definition) is 2. The molecule has 128 valence electrons. The van der Waals surface area contributed by atoms with E-state index in [-0.39, 0.29) is 5.91 Å². The van der Waals surface area contributed by atoms with Crippen molar-refractivity contribution in [1.82, 2.24) is 19.9 Å². The fourth-order valence-corrected chi connectivity index (χ4v) is 3.82. The summed E-state index contributed by atoms with van der Waals surface area (Å²) in [6.45, 7) is 1.07. The molecule has 8 nitrogen and oxygen atoms in total. The van der Waals surface area contributed by atoms with Crippen molar-refractivity contribution in [2.45, 2.75) is 13.0 Å². The summed E-state index contributed by atoms with van der Waals surface area (Å²) in [5.41, 5.74) is 3.21. The Bertz CT molecular complexity index is 964. The van der Waals surface area contributed by atoms with E-state index in [1.807, 2.05) is 12.1 Å². The molecule has 0 saturated carbocycles. The Labute approximate surface area is 146 Å². The second kappa shape index (κ2) is 6.17. The van der Waals surface area contributed by atoms with Gasteiger partial charge in [0.2, 0.25) is 0 Å². The molecule has 2 amide bonds. The van der Waals surface area contributed by atoms with Crippen molar-refractivity contribution in [3.63, 3.8) is 0 Å². The van der Waals surface area contributed by atoms with Crippen molar-refractivity contribution in [1.29, 1.82) is 0 Å². The van der Waals surface area contributed by atoms with Crippen molar-refractivity contribution in [3.05, 3.63) is 40.7 Å². The minimum absolute atomic E-state index is 0.0296. The molecule has 4 rings (SSSR count). The van der Waals surface area contributed by atoms with Crippen LogP contribution < -0.4 is 5.32 Å². The van der Waals surface area contributed by atoms with E-state index in [2.05, 4.69) is 25.0 Å². The Morgan fingerprint density at radius 2 is 2.28 bits per heavy atom. The van der Waals surface area contributed by atoms with Crippen molar-refractivity contribution < 1.29 is 14.3 Å². The summed E-state index contributed by atoms with van der Waals surface area (Å²) < 4.78 is 4.58. The number of aromatic amines is 1. The Morgan fingerprint density at radius 3 is 3.12 bits per heavy atom. The lowest BCUT2D eigenvalue weighted by Crippen LogP contribution is -2.35. The fraction of sp³-hybridized carbons (Fsp3) is 0.250. The van der Waals surface area contributed by atoms with Crippen LogP contribution in [0.5, 0.6) is 0 Å². The molecule has 0 atom stereocenters. The number of amides is 2. The number of imidazole rings is 1. The van der Waals surface area contributed by atoms with Crippen LogP contribution in [0.3, 0.4) is 0 Å². The molecule has 0 aliphatic carbocycles. The lowest BCUT2D eigenvalue weighted by atomic mass is 10.1. The lowest BCUT2D eigenvalue weighted by molar-refractivity contribution is 0.0736. The van der Waals surface area contributed by atoms with Gasteiger partial charge in [0, 0.05) is 23.4 Å². The van der Waals surface area contributed by atoms with Crippen LogP contribution in [0.15, 0.2) is 24.5 Å². The summed E-state index contributed by atoms with van der Waals surface area (Å²) in [4.78, 5) is 38.4. The molecule has 2 N–H and O–H groups in total. The van der Waals surface area contributed by atoms with Crippen molar-refractivity contribution in [2.75, 3.05) is 19.0 Å². The highest BCUT2D eigenvalue weighted by Crippen LogP contribution is 2.29. The second-order valence-electron chi connectivity index (χ2n) is 5.62. The molecule has 3 heterocycles. The first-order valence-corrected chi connectivity index (χ1v) is 8.51. The van der Waals surface area contributed by atoms with E-state index in [0.29, 0.717) is 30.2 Å². The maximum absolute atomic E-state index is 12.8. The first-order valence-electron chi connectivity index (χ1n) is 7.70. The summed E-state index contributed by atoms with van der Waals surface area (Å²) in [6, 6.07) is 5.44. The lowest BCUT2D eigenvalue weighted by Gasteiger charge is -2.26. The zero-order chi connectivity index (χ0) is 17.4. The van der Waals surface area contributed by atoms with Gasteiger partial charge in [0.1, 0.15) is 0 Å². The third-order valence-electron chi connectivity index (χ3n) is 4.08. The third kappa shape index (κ3) is 2.93. The summed E-state index contributed by atoms with van der Waals surface area (Å²) in [6.07, 6.45) is 1.72. The minimum Gasteiger partial charge on any atom is -0.453 e. The molecule has 3 aromatic rings. The normalized spacial score (nSPS) is 13.6. The van der Waals surface area contributed by atoms with Crippen molar-refractivity contribution in [3.8, 4) is 0 Å². The second-order valence-corrected chi connectivity index (χ2v) is 6.70. The SMILES string of the molecule is COC(=O)Nc1nc2c(s1)CN(C(=O)c1ccc3nc[nH]c3c1)CC2. The quantitative estimate of drug-likeness (QED) is 0.733. The number of rotatable bonds is 2. The molecule has 0 unspecified atom stereocenters. The molecule has 1 aromatic carbocycles. The number of methoxy groups -OCH3 is 1. The average molecular weight is 357 g/mol.